The Hall–Kier alpha value is -3.79. The third kappa shape index (κ3) is 6.25. The summed E-state index contributed by atoms with van der Waals surface area (Å²) in [5.74, 6) is 0.210. The van der Waals surface area contributed by atoms with Crippen molar-refractivity contribution < 1.29 is 31.8 Å². The molecule has 0 aliphatic rings. The highest BCUT2D eigenvalue weighted by molar-refractivity contribution is 7.92. The molecule has 0 spiro atoms. The van der Waals surface area contributed by atoms with Crippen LogP contribution in [0.2, 0.25) is 0 Å². The predicted molar refractivity (Wildman–Crippen MR) is 135 cm³/mol. The fraction of sp³-hybridized carbons (Fsp3) is 0.269. The number of ether oxygens (including phenoxy) is 3. The molecule has 3 aromatic rings. The van der Waals surface area contributed by atoms with Crippen molar-refractivity contribution in [1.29, 1.82) is 0 Å². The van der Waals surface area contributed by atoms with Crippen LogP contribution in [-0.4, -0.2) is 41.7 Å². The van der Waals surface area contributed by atoms with Gasteiger partial charge in [0, 0.05) is 6.07 Å². The number of carbonyl (C=O) groups is 1. The van der Waals surface area contributed by atoms with Crippen molar-refractivity contribution in [3.05, 3.63) is 78.1 Å². The van der Waals surface area contributed by atoms with Gasteiger partial charge in [0.2, 0.25) is 5.91 Å². The number of rotatable bonds is 11. The lowest BCUT2D eigenvalue weighted by molar-refractivity contribution is -0.120. The number of carbonyl (C=O) groups excluding carboxylic acids is 1. The van der Waals surface area contributed by atoms with Crippen LogP contribution in [0.5, 0.6) is 17.2 Å². The Bertz CT molecular complexity index is 1280. The lowest BCUT2D eigenvalue weighted by Gasteiger charge is -2.25. The number of methoxy groups -OCH3 is 2. The van der Waals surface area contributed by atoms with E-state index < -0.39 is 34.3 Å². The highest BCUT2D eigenvalue weighted by Crippen LogP contribution is 2.32. The van der Waals surface area contributed by atoms with Crippen LogP contribution < -0.4 is 23.8 Å². The van der Waals surface area contributed by atoms with Crippen molar-refractivity contribution >= 4 is 21.6 Å². The van der Waals surface area contributed by atoms with Crippen LogP contribution in [0.4, 0.5) is 10.1 Å². The van der Waals surface area contributed by atoms with E-state index in [0.717, 1.165) is 22.0 Å². The van der Waals surface area contributed by atoms with Crippen molar-refractivity contribution in [2.45, 2.75) is 24.8 Å². The van der Waals surface area contributed by atoms with Gasteiger partial charge in [0.25, 0.3) is 10.0 Å². The van der Waals surface area contributed by atoms with Gasteiger partial charge in [0.1, 0.15) is 18.1 Å². The molecule has 3 rings (SSSR count). The van der Waals surface area contributed by atoms with Crippen LogP contribution in [0.15, 0.2) is 71.6 Å². The fourth-order valence-electron chi connectivity index (χ4n) is 3.55. The third-order valence-corrected chi connectivity index (χ3v) is 7.18. The molecule has 1 N–H and O–H groups in total. The zero-order valence-electron chi connectivity index (χ0n) is 20.5. The maximum absolute atomic E-state index is 13.6. The lowest BCUT2D eigenvalue weighted by atomic mass is 10.1. The summed E-state index contributed by atoms with van der Waals surface area (Å²) in [5.41, 5.74) is 0.956. The first kappa shape index (κ1) is 26.8. The van der Waals surface area contributed by atoms with Gasteiger partial charge in [-0.3, -0.25) is 9.10 Å². The van der Waals surface area contributed by atoms with Gasteiger partial charge in [-0.2, -0.15) is 0 Å². The molecule has 0 aliphatic heterocycles. The standard InChI is InChI=1S/C26H29FN2O6S/c1-5-35-22-12-6-19(7-13-22)18(2)28-26(30)17-29(21-10-8-20(27)9-11-21)36(31,32)23-14-15-24(33-3)25(16-23)34-4/h6-16,18H,5,17H2,1-4H3,(H,28,30)/t18-/m0/s1. The maximum atomic E-state index is 13.6. The number of benzene rings is 3. The van der Waals surface area contributed by atoms with Crippen LogP contribution in [0.1, 0.15) is 25.5 Å². The summed E-state index contributed by atoms with van der Waals surface area (Å²) in [5, 5.41) is 2.82. The van der Waals surface area contributed by atoms with Gasteiger partial charge in [0.05, 0.1) is 37.5 Å². The minimum atomic E-state index is -4.23. The lowest BCUT2D eigenvalue weighted by Crippen LogP contribution is -2.41. The highest BCUT2D eigenvalue weighted by atomic mass is 32.2. The van der Waals surface area contributed by atoms with E-state index in [1.54, 1.807) is 19.1 Å². The molecule has 10 heteroatoms. The topological polar surface area (TPSA) is 94.2 Å². The van der Waals surface area contributed by atoms with Gasteiger partial charge in [-0.1, -0.05) is 12.1 Å². The Labute approximate surface area is 210 Å². The number of halogens is 1. The fourth-order valence-corrected chi connectivity index (χ4v) is 4.98. The Kier molecular flexibility index (Phi) is 8.76. The summed E-state index contributed by atoms with van der Waals surface area (Å²) < 4.78 is 57.6. The van der Waals surface area contributed by atoms with Gasteiger partial charge in [0.15, 0.2) is 11.5 Å². The molecule has 1 atom stereocenters. The van der Waals surface area contributed by atoms with Crippen LogP contribution in [0, 0.1) is 5.82 Å². The SMILES string of the molecule is CCOc1ccc([C@H](C)NC(=O)CN(c2ccc(F)cc2)S(=O)(=O)c2ccc(OC)c(OC)c2)cc1. The summed E-state index contributed by atoms with van der Waals surface area (Å²) in [6.07, 6.45) is 0. The molecule has 0 aliphatic carbocycles. The smallest absolute Gasteiger partial charge is 0.264 e. The second-order valence-electron chi connectivity index (χ2n) is 7.80. The van der Waals surface area contributed by atoms with E-state index in [-0.39, 0.29) is 16.3 Å². The average molecular weight is 517 g/mol. The molecule has 0 unspecified atom stereocenters. The van der Waals surface area contributed by atoms with Crippen LogP contribution in [0.3, 0.4) is 0 Å². The number of nitrogens with zero attached hydrogens (tertiary/aromatic N) is 1. The van der Waals surface area contributed by atoms with Gasteiger partial charge < -0.3 is 19.5 Å². The van der Waals surface area contributed by atoms with Crippen LogP contribution in [0.25, 0.3) is 0 Å². The van der Waals surface area contributed by atoms with E-state index in [9.17, 15) is 17.6 Å². The first-order valence-corrected chi connectivity index (χ1v) is 12.7. The normalized spacial score (nSPS) is 11.9. The average Bonchev–Trinajstić information content (AvgIpc) is 2.88. The Morgan fingerprint density at radius 3 is 2.19 bits per heavy atom. The van der Waals surface area contributed by atoms with Gasteiger partial charge >= 0.3 is 0 Å². The molecule has 0 bridgehead atoms. The van der Waals surface area contributed by atoms with Crippen molar-refractivity contribution in [2.75, 3.05) is 31.7 Å². The van der Waals surface area contributed by atoms with Crippen LogP contribution in [-0.2, 0) is 14.8 Å². The van der Waals surface area contributed by atoms with E-state index in [1.807, 2.05) is 19.1 Å². The van der Waals surface area contributed by atoms with Gasteiger partial charge in [-0.25, -0.2) is 12.8 Å². The summed E-state index contributed by atoms with van der Waals surface area (Å²) >= 11 is 0. The van der Waals surface area contributed by atoms with Crippen LogP contribution >= 0.6 is 0 Å². The molecule has 0 saturated carbocycles. The zero-order valence-corrected chi connectivity index (χ0v) is 21.3. The molecule has 0 radical (unpaired) electrons. The summed E-state index contributed by atoms with van der Waals surface area (Å²) in [7, 11) is -1.41. The van der Waals surface area contributed by atoms with E-state index in [4.69, 9.17) is 14.2 Å². The van der Waals surface area contributed by atoms with E-state index in [1.165, 1.54) is 44.6 Å². The number of anilines is 1. The molecule has 8 nitrogen and oxygen atoms in total. The molecular formula is C26H29FN2O6S. The molecule has 0 saturated heterocycles. The summed E-state index contributed by atoms with van der Waals surface area (Å²) in [6.45, 7) is 3.70. The van der Waals surface area contributed by atoms with Crippen molar-refractivity contribution in [3.63, 3.8) is 0 Å². The predicted octanol–water partition coefficient (Wildman–Crippen LogP) is 4.31. The van der Waals surface area contributed by atoms with Crippen molar-refractivity contribution in [1.82, 2.24) is 5.32 Å². The van der Waals surface area contributed by atoms with Crippen molar-refractivity contribution in [2.24, 2.45) is 0 Å². The minimum absolute atomic E-state index is 0.114. The molecule has 0 aromatic heterocycles. The van der Waals surface area contributed by atoms with E-state index in [2.05, 4.69) is 5.32 Å². The Morgan fingerprint density at radius 2 is 1.61 bits per heavy atom. The number of sulfonamides is 1. The monoisotopic (exact) mass is 516 g/mol. The molecule has 36 heavy (non-hydrogen) atoms. The second-order valence-corrected chi connectivity index (χ2v) is 9.66. The number of hydrogen-bond acceptors (Lipinski definition) is 6. The Balaban J connectivity index is 1.88. The van der Waals surface area contributed by atoms with Gasteiger partial charge in [-0.05, 0) is 67.9 Å². The van der Waals surface area contributed by atoms with Crippen molar-refractivity contribution in [3.8, 4) is 17.2 Å². The largest absolute Gasteiger partial charge is 0.494 e. The first-order valence-electron chi connectivity index (χ1n) is 11.2. The molecule has 3 aromatic carbocycles. The van der Waals surface area contributed by atoms with E-state index in [0.29, 0.717) is 18.1 Å². The van der Waals surface area contributed by atoms with E-state index >= 15 is 0 Å². The molecular weight excluding hydrogens is 487 g/mol. The quantitative estimate of drug-likeness (QED) is 0.408. The number of hydrogen-bond donors (Lipinski definition) is 1. The second kappa shape index (κ2) is 11.8. The zero-order chi connectivity index (χ0) is 26.3. The molecule has 192 valence electrons. The minimum Gasteiger partial charge on any atom is -0.494 e. The number of nitrogens with one attached hydrogen (secondary N) is 1. The molecule has 0 heterocycles. The third-order valence-electron chi connectivity index (χ3n) is 5.41. The summed E-state index contributed by atoms with van der Waals surface area (Å²) in [4.78, 5) is 12.9. The molecule has 0 fully saturated rings. The molecule has 1 amide bonds. The number of amides is 1. The highest BCUT2D eigenvalue weighted by Gasteiger charge is 2.29. The maximum Gasteiger partial charge on any atom is 0.264 e. The van der Waals surface area contributed by atoms with Gasteiger partial charge in [-0.15, -0.1) is 0 Å². The first-order chi connectivity index (χ1) is 17.2. The summed E-state index contributed by atoms with van der Waals surface area (Å²) in [6, 6.07) is 15.9. The Morgan fingerprint density at radius 1 is 0.972 bits per heavy atom.